The van der Waals surface area contributed by atoms with Crippen molar-refractivity contribution in [2.75, 3.05) is 18.5 Å². The van der Waals surface area contributed by atoms with Crippen molar-refractivity contribution in [3.63, 3.8) is 0 Å². The number of nitrogens with zero attached hydrogens (tertiary/aromatic N) is 1. The molecule has 5 nitrogen and oxygen atoms in total. The van der Waals surface area contributed by atoms with Crippen LogP contribution in [-0.2, 0) is 4.79 Å². The number of nitriles is 1. The monoisotopic (exact) mass is 398 g/mol. The van der Waals surface area contributed by atoms with Crippen LogP contribution in [0.3, 0.4) is 0 Å². The first-order valence-corrected chi connectivity index (χ1v) is 9.45. The zero-order valence-corrected chi connectivity index (χ0v) is 17.0. The summed E-state index contributed by atoms with van der Waals surface area (Å²) in [7, 11) is 0. The third-order valence-corrected chi connectivity index (χ3v) is 4.33. The zero-order valence-electron chi connectivity index (χ0n) is 16.2. The van der Waals surface area contributed by atoms with E-state index in [0.717, 1.165) is 12.0 Å². The molecule has 146 valence electrons. The van der Waals surface area contributed by atoms with Gasteiger partial charge in [-0.05, 0) is 61.7 Å². The van der Waals surface area contributed by atoms with Crippen LogP contribution >= 0.6 is 11.6 Å². The third kappa shape index (κ3) is 5.51. The second-order valence-corrected chi connectivity index (χ2v) is 6.43. The molecule has 2 aromatic carbocycles. The van der Waals surface area contributed by atoms with E-state index >= 15 is 0 Å². The Labute approximate surface area is 170 Å². The van der Waals surface area contributed by atoms with E-state index in [0.29, 0.717) is 41.0 Å². The molecule has 2 rings (SSSR count). The minimum Gasteiger partial charge on any atom is -0.490 e. The molecule has 1 N–H and O–H groups in total. The molecule has 0 heterocycles. The van der Waals surface area contributed by atoms with Crippen molar-refractivity contribution >= 4 is 29.3 Å². The van der Waals surface area contributed by atoms with Crippen LogP contribution < -0.4 is 14.8 Å². The van der Waals surface area contributed by atoms with Crippen LogP contribution in [-0.4, -0.2) is 19.1 Å². The highest BCUT2D eigenvalue weighted by Crippen LogP contribution is 2.30. The maximum Gasteiger partial charge on any atom is 0.266 e. The number of hydrogen-bond acceptors (Lipinski definition) is 4. The smallest absolute Gasteiger partial charge is 0.266 e. The summed E-state index contributed by atoms with van der Waals surface area (Å²) in [5.74, 6) is 0.712. The highest BCUT2D eigenvalue weighted by molar-refractivity contribution is 6.31. The first-order valence-electron chi connectivity index (χ1n) is 9.08. The molecule has 0 saturated carbocycles. The molecule has 0 fully saturated rings. The number of carbonyl (C=O) groups excluding carboxylic acids is 1. The van der Waals surface area contributed by atoms with Gasteiger partial charge < -0.3 is 14.8 Å². The van der Waals surface area contributed by atoms with Crippen LogP contribution in [0.4, 0.5) is 5.69 Å². The molecule has 0 bridgehead atoms. The van der Waals surface area contributed by atoms with E-state index < -0.39 is 5.91 Å². The number of ether oxygens (including phenoxy) is 2. The number of amides is 1. The Morgan fingerprint density at radius 3 is 2.68 bits per heavy atom. The Balaban J connectivity index is 2.27. The maximum absolute atomic E-state index is 12.5. The molecule has 6 heteroatoms. The molecule has 0 aromatic heterocycles. The minimum absolute atomic E-state index is 0.0240. The lowest BCUT2D eigenvalue weighted by Crippen LogP contribution is -2.14. The summed E-state index contributed by atoms with van der Waals surface area (Å²) in [4.78, 5) is 12.5. The molecule has 0 aliphatic rings. The second kappa shape index (κ2) is 10.4. The van der Waals surface area contributed by atoms with Crippen molar-refractivity contribution in [2.24, 2.45) is 0 Å². The first-order chi connectivity index (χ1) is 13.5. The zero-order chi connectivity index (χ0) is 20.5. The maximum atomic E-state index is 12.5. The molecule has 0 unspecified atom stereocenters. The number of hydrogen-bond donors (Lipinski definition) is 1. The van der Waals surface area contributed by atoms with Crippen LogP contribution in [0, 0.1) is 18.3 Å². The third-order valence-electron chi connectivity index (χ3n) is 3.92. The van der Waals surface area contributed by atoms with Crippen LogP contribution in [0.1, 0.15) is 31.4 Å². The van der Waals surface area contributed by atoms with Gasteiger partial charge in [-0.2, -0.15) is 5.26 Å². The fourth-order valence-electron chi connectivity index (χ4n) is 2.46. The minimum atomic E-state index is -0.503. The molecule has 0 saturated heterocycles. The number of carbonyl (C=O) groups is 1. The van der Waals surface area contributed by atoms with Crippen molar-refractivity contribution in [3.05, 3.63) is 58.1 Å². The highest BCUT2D eigenvalue weighted by atomic mass is 35.5. The summed E-state index contributed by atoms with van der Waals surface area (Å²) in [6, 6.07) is 12.5. The molecule has 0 aliphatic carbocycles. The largest absolute Gasteiger partial charge is 0.490 e. The molecule has 0 radical (unpaired) electrons. The predicted molar refractivity (Wildman–Crippen MR) is 112 cm³/mol. The Morgan fingerprint density at radius 2 is 2.00 bits per heavy atom. The topological polar surface area (TPSA) is 71.3 Å². The van der Waals surface area contributed by atoms with Gasteiger partial charge in [-0.25, -0.2) is 0 Å². The van der Waals surface area contributed by atoms with Gasteiger partial charge in [0.25, 0.3) is 5.91 Å². The summed E-state index contributed by atoms with van der Waals surface area (Å²) < 4.78 is 11.3. The van der Waals surface area contributed by atoms with E-state index in [9.17, 15) is 10.1 Å². The van der Waals surface area contributed by atoms with E-state index in [2.05, 4.69) is 5.32 Å². The lowest BCUT2D eigenvalue weighted by Gasteiger charge is -2.12. The van der Waals surface area contributed by atoms with Gasteiger partial charge in [0.1, 0.15) is 11.6 Å². The van der Waals surface area contributed by atoms with E-state index in [4.69, 9.17) is 21.1 Å². The quantitative estimate of drug-likeness (QED) is 0.478. The summed E-state index contributed by atoms with van der Waals surface area (Å²) in [6.45, 7) is 6.77. The number of anilines is 1. The van der Waals surface area contributed by atoms with Gasteiger partial charge in [-0.15, -0.1) is 0 Å². The lowest BCUT2D eigenvalue weighted by atomic mass is 10.1. The van der Waals surface area contributed by atoms with Crippen LogP contribution in [0.2, 0.25) is 5.02 Å². The van der Waals surface area contributed by atoms with Gasteiger partial charge >= 0.3 is 0 Å². The number of benzene rings is 2. The Morgan fingerprint density at radius 1 is 1.21 bits per heavy atom. The molecular formula is C22H23ClN2O3. The van der Waals surface area contributed by atoms with E-state index in [1.807, 2.05) is 19.9 Å². The fourth-order valence-corrected chi connectivity index (χ4v) is 2.64. The molecule has 0 aliphatic heterocycles. The van der Waals surface area contributed by atoms with Crippen molar-refractivity contribution in [1.82, 2.24) is 0 Å². The number of rotatable bonds is 8. The molecule has 0 atom stereocenters. The second-order valence-electron chi connectivity index (χ2n) is 6.02. The first kappa shape index (κ1) is 21.3. The van der Waals surface area contributed by atoms with Gasteiger partial charge in [0.15, 0.2) is 11.5 Å². The predicted octanol–water partition coefficient (Wildman–Crippen LogP) is 5.38. The molecule has 28 heavy (non-hydrogen) atoms. The average molecular weight is 399 g/mol. The molecule has 1 amide bonds. The molecule has 2 aromatic rings. The van der Waals surface area contributed by atoms with Crippen molar-refractivity contribution in [2.45, 2.75) is 27.2 Å². The van der Waals surface area contributed by atoms with Gasteiger partial charge in [-0.1, -0.05) is 30.7 Å². The van der Waals surface area contributed by atoms with Crippen LogP contribution in [0.5, 0.6) is 11.5 Å². The number of nitrogens with one attached hydrogen (secondary N) is 1. The van der Waals surface area contributed by atoms with Crippen molar-refractivity contribution < 1.29 is 14.3 Å². The molecular weight excluding hydrogens is 376 g/mol. The summed E-state index contributed by atoms with van der Waals surface area (Å²) in [6.07, 6.45) is 2.40. The van der Waals surface area contributed by atoms with Crippen molar-refractivity contribution in [3.8, 4) is 17.6 Å². The highest BCUT2D eigenvalue weighted by Gasteiger charge is 2.13. The van der Waals surface area contributed by atoms with Gasteiger partial charge in [0.05, 0.1) is 13.2 Å². The Hall–Kier alpha value is -2.97. The van der Waals surface area contributed by atoms with Crippen LogP contribution in [0.15, 0.2) is 42.0 Å². The normalized spacial score (nSPS) is 10.9. The number of halogens is 1. The SMILES string of the molecule is CCCOc1ccc(/C=C(\C#N)C(=O)Nc2cccc(Cl)c2C)cc1OCC. The van der Waals surface area contributed by atoms with E-state index in [1.165, 1.54) is 6.08 Å². The van der Waals surface area contributed by atoms with Crippen LogP contribution in [0.25, 0.3) is 6.08 Å². The lowest BCUT2D eigenvalue weighted by molar-refractivity contribution is -0.112. The van der Waals surface area contributed by atoms with Gasteiger partial charge in [0, 0.05) is 10.7 Å². The van der Waals surface area contributed by atoms with Gasteiger partial charge in [-0.3, -0.25) is 4.79 Å². The fraction of sp³-hybridized carbons (Fsp3) is 0.273. The van der Waals surface area contributed by atoms with Gasteiger partial charge in [0.2, 0.25) is 0 Å². The summed E-state index contributed by atoms with van der Waals surface area (Å²) in [5.41, 5.74) is 1.95. The van der Waals surface area contributed by atoms with E-state index in [1.54, 1.807) is 43.3 Å². The Bertz CT molecular complexity index is 916. The average Bonchev–Trinajstić information content (AvgIpc) is 2.69. The molecule has 0 spiro atoms. The summed E-state index contributed by atoms with van der Waals surface area (Å²) in [5, 5.41) is 12.7. The summed E-state index contributed by atoms with van der Waals surface area (Å²) >= 11 is 6.08. The van der Waals surface area contributed by atoms with Crippen molar-refractivity contribution in [1.29, 1.82) is 5.26 Å². The standard InChI is InChI=1S/C22H23ClN2O3/c1-4-11-28-20-10-9-16(13-21(20)27-5-2)12-17(14-24)22(26)25-19-8-6-7-18(23)15(19)3/h6-10,12-13H,4-5,11H2,1-3H3,(H,25,26)/b17-12+. The van der Waals surface area contributed by atoms with E-state index in [-0.39, 0.29) is 5.57 Å². The Kier molecular flexibility index (Phi) is 7.91.